The van der Waals surface area contributed by atoms with E-state index in [1.165, 1.54) is 0 Å². The van der Waals surface area contributed by atoms with Gasteiger partial charge in [0.05, 0.1) is 12.7 Å². The summed E-state index contributed by atoms with van der Waals surface area (Å²) in [4.78, 5) is 3.97. The van der Waals surface area contributed by atoms with E-state index >= 15 is 0 Å². The molecule has 0 aliphatic carbocycles. The Balaban J connectivity index is 2.32. The summed E-state index contributed by atoms with van der Waals surface area (Å²) < 4.78 is 5.14. The van der Waals surface area contributed by atoms with Gasteiger partial charge in [0, 0.05) is 11.8 Å². The number of methoxy groups -OCH3 is 1. The predicted molar refractivity (Wildman–Crippen MR) is 66.1 cm³/mol. The minimum Gasteiger partial charge on any atom is -0.497 e. The van der Waals surface area contributed by atoms with Gasteiger partial charge in [-0.3, -0.25) is 4.98 Å². The van der Waals surface area contributed by atoms with Gasteiger partial charge in [-0.15, -0.1) is 0 Å². The first-order chi connectivity index (χ1) is 8.20. The van der Waals surface area contributed by atoms with Crippen LogP contribution >= 0.6 is 0 Å². The van der Waals surface area contributed by atoms with E-state index in [-0.39, 0.29) is 5.59 Å². The quantitative estimate of drug-likeness (QED) is 0.749. The molecule has 0 amide bonds. The first-order valence-electron chi connectivity index (χ1n) is 5.17. The second-order valence-corrected chi connectivity index (χ2v) is 3.58. The Bertz CT molecular complexity index is 499. The van der Waals surface area contributed by atoms with E-state index in [2.05, 4.69) is 4.98 Å². The number of rotatable bonds is 3. The van der Waals surface area contributed by atoms with Crippen molar-refractivity contribution in [2.75, 3.05) is 7.11 Å². The molecule has 17 heavy (non-hydrogen) atoms. The van der Waals surface area contributed by atoms with Crippen molar-refractivity contribution in [3.05, 3.63) is 42.6 Å². The van der Waals surface area contributed by atoms with Crippen molar-refractivity contribution in [1.82, 2.24) is 4.98 Å². The Kier molecular flexibility index (Phi) is 3.42. The van der Waals surface area contributed by atoms with Gasteiger partial charge in [-0.2, -0.15) is 0 Å². The van der Waals surface area contributed by atoms with Crippen LogP contribution in [0.15, 0.2) is 42.6 Å². The molecule has 0 radical (unpaired) electrons. The molecule has 0 atom stereocenters. The molecule has 0 spiro atoms. The molecular formula is C12H12BNO3. The van der Waals surface area contributed by atoms with Crippen LogP contribution in [0, 0.1) is 0 Å². The number of hydrogen-bond acceptors (Lipinski definition) is 4. The summed E-state index contributed by atoms with van der Waals surface area (Å²) in [5.41, 5.74) is 2.10. The molecule has 0 saturated carbocycles. The topological polar surface area (TPSA) is 62.6 Å². The highest BCUT2D eigenvalue weighted by atomic mass is 16.5. The Labute approximate surface area is 99.7 Å². The monoisotopic (exact) mass is 229 g/mol. The molecule has 0 fully saturated rings. The molecule has 1 heterocycles. The fourth-order valence-electron chi connectivity index (χ4n) is 1.53. The largest absolute Gasteiger partial charge is 0.508 e. The van der Waals surface area contributed by atoms with Crippen molar-refractivity contribution in [1.29, 1.82) is 0 Å². The van der Waals surface area contributed by atoms with Gasteiger partial charge >= 0.3 is 7.12 Å². The predicted octanol–water partition coefficient (Wildman–Crippen LogP) is 0.437. The van der Waals surface area contributed by atoms with Crippen molar-refractivity contribution in [2.45, 2.75) is 0 Å². The molecule has 2 aromatic rings. The van der Waals surface area contributed by atoms with Crippen molar-refractivity contribution in [3.8, 4) is 16.9 Å². The fourth-order valence-corrected chi connectivity index (χ4v) is 1.53. The van der Waals surface area contributed by atoms with Crippen LogP contribution in [-0.2, 0) is 0 Å². The summed E-state index contributed by atoms with van der Waals surface area (Å²) >= 11 is 0. The molecule has 2 rings (SSSR count). The van der Waals surface area contributed by atoms with E-state index in [0.29, 0.717) is 0 Å². The second-order valence-electron chi connectivity index (χ2n) is 3.58. The summed E-state index contributed by atoms with van der Waals surface area (Å²) in [5.74, 6) is 0.772. The third-order valence-corrected chi connectivity index (χ3v) is 2.45. The molecule has 2 N–H and O–H groups in total. The molecule has 0 saturated heterocycles. The van der Waals surface area contributed by atoms with Crippen molar-refractivity contribution >= 4 is 12.7 Å². The van der Waals surface area contributed by atoms with Crippen LogP contribution in [0.4, 0.5) is 0 Å². The molecule has 0 bridgehead atoms. The summed E-state index contributed by atoms with van der Waals surface area (Å²) in [7, 11) is 0.0807. The van der Waals surface area contributed by atoms with Crippen LogP contribution in [0.1, 0.15) is 0 Å². The van der Waals surface area contributed by atoms with Crippen molar-refractivity contribution < 1.29 is 14.8 Å². The summed E-state index contributed by atoms with van der Waals surface area (Å²) in [6.45, 7) is 0. The van der Waals surface area contributed by atoms with E-state index in [1.54, 1.807) is 25.4 Å². The van der Waals surface area contributed by atoms with Gasteiger partial charge in [0.2, 0.25) is 0 Å². The second kappa shape index (κ2) is 4.99. The molecule has 0 aliphatic rings. The maximum absolute atomic E-state index is 8.94. The SMILES string of the molecule is COc1cccc(-c2ccc(B(O)O)nc2)c1. The van der Waals surface area contributed by atoms with Crippen LogP contribution in [0.25, 0.3) is 11.1 Å². The fraction of sp³-hybridized carbons (Fsp3) is 0.0833. The number of nitrogens with zero attached hydrogens (tertiary/aromatic N) is 1. The highest BCUT2D eigenvalue weighted by Crippen LogP contribution is 2.22. The number of pyridine rings is 1. The van der Waals surface area contributed by atoms with Crippen molar-refractivity contribution in [2.24, 2.45) is 0 Å². The lowest BCUT2D eigenvalue weighted by molar-refractivity contribution is 0.415. The van der Waals surface area contributed by atoms with Crippen LogP contribution in [0.3, 0.4) is 0 Å². The van der Waals surface area contributed by atoms with Gasteiger partial charge in [-0.25, -0.2) is 0 Å². The van der Waals surface area contributed by atoms with E-state index in [1.807, 2.05) is 24.3 Å². The lowest BCUT2D eigenvalue weighted by atomic mass is 9.85. The Morgan fingerprint density at radius 2 is 1.94 bits per heavy atom. The molecule has 1 aromatic heterocycles. The number of ether oxygens (including phenoxy) is 1. The zero-order valence-electron chi connectivity index (χ0n) is 9.37. The Morgan fingerprint density at radius 3 is 2.53 bits per heavy atom. The van der Waals surface area contributed by atoms with E-state index in [4.69, 9.17) is 14.8 Å². The highest BCUT2D eigenvalue weighted by Gasteiger charge is 2.12. The maximum atomic E-state index is 8.94. The van der Waals surface area contributed by atoms with Gasteiger partial charge in [0.25, 0.3) is 0 Å². The minimum absolute atomic E-state index is 0.233. The number of benzene rings is 1. The first-order valence-corrected chi connectivity index (χ1v) is 5.17. The molecule has 4 nitrogen and oxygen atoms in total. The van der Waals surface area contributed by atoms with Gasteiger partial charge in [0.15, 0.2) is 0 Å². The van der Waals surface area contributed by atoms with Crippen molar-refractivity contribution in [3.63, 3.8) is 0 Å². The number of hydrogen-bond donors (Lipinski definition) is 2. The lowest BCUT2D eigenvalue weighted by Crippen LogP contribution is -2.32. The molecular weight excluding hydrogens is 217 g/mol. The van der Waals surface area contributed by atoms with Gasteiger partial charge in [0.1, 0.15) is 5.75 Å². The third-order valence-electron chi connectivity index (χ3n) is 2.45. The van der Waals surface area contributed by atoms with E-state index in [0.717, 1.165) is 16.9 Å². The minimum atomic E-state index is -1.53. The van der Waals surface area contributed by atoms with E-state index < -0.39 is 7.12 Å². The van der Waals surface area contributed by atoms with Gasteiger partial charge in [-0.1, -0.05) is 18.2 Å². The molecule has 0 unspecified atom stereocenters. The zero-order chi connectivity index (χ0) is 12.3. The summed E-state index contributed by atoms with van der Waals surface area (Å²) in [6, 6.07) is 11.0. The molecule has 1 aromatic carbocycles. The van der Waals surface area contributed by atoms with E-state index in [9.17, 15) is 0 Å². The standard InChI is InChI=1S/C12H12BNO3/c1-17-11-4-2-3-9(7-11)10-5-6-12(13(15)16)14-8-10/h2-8,15-16H,1H3. The molecule has 5 heteroatoms. The summed E-state index contributed by atoms with van der Waals surface area (Å²) in [5, 5.41) is 17.9. The highest BCUT2D eigenvalue weighted by molar-refractivity contribution is 6.57. The molecule has 0 aliphatic heterocycles. The summed E-state index contributed by atoms with van der Waals surface area (Å²) in [6.07, 6.45) is 1.60. The third kappa shape index (κ3) is 2.64. The Hall–Kier alpha value is -1.85. The smallest absolute Gasteiger partial charge is 0.497 e. The van der Waals surface area contributed by atoms with Crippen LogP contribution in [0.2, 0.25) is 0 Å². The maximum Gasteiger partial charge on any atom is 0.508 e. The van der Waals surface area contributed by atoms with Crippen LogP contribution in [0.5, 0.6) is 5.75 Å². The number of aromatic nitrogens is 1. The Morgan fingerprint density at radius 1 is 1.12 bits per heavy atom. The van der Waals surface area contributed by atoms with Gasteiger partial charge < -0.3 is 14.8 Å². The first kappa shape index (κ1) is 11.6. The van der Waals surface area contributed by atoms with Gasteiger partial charge in [-0.05, 0) is 23.8 Å². The van der Waals surface area contributed by atoms with Crippen LogP contribution in [-0.4, -0.2) is 29.3 Å². The van der Waals surface area contributed by atoms with Crippen LogP contribution < -0.4 is 10.3 Å². The zero-order valence-corrected chi connectivity index (χ0v) is 9.37. The molecule has 86 valence electrons. The average molecular weight is 229 g/mol. The lowest BCUT2D eigenvalue weighted by Gasteiger charge is -2.05. The average Bonchev–Trinajstić information content (AvgIpc) is 2.39. The normalized spacial score (nSPS) is 10.1.